The Kier molecular flexibility index (Phi) is 20.1. The van der Waals surface area contributed by atoms with Gasteiger partial charge in [-0.2, -0.15) is 0 Å². The summed E-state index contributed by atoms with van der Waals surface area (Å²) in [4.78, 5) is 25.4. The monoisotopic (exact) mass is 440 g/mol. The molecule has 4 nitrogen and oxygen atoms in total. The molecule has 0 aliphatic heterocycles. The fourth-order valence-electron chi connectivity index (χ4n) is 3.99. The van der Waals surface area contributed by atoms with Crippen LogP contribution in [0.25, 0.3) is 0 Å². The van der Waals surface area contributed by atoms with Crippen LogP contribution in [0.4, 0.5) is 0 Å². The van der Waals surface area contributed by atoms with E-state index in [0.29, 0.717) is 26.1 Å². The average molecular weight is 441 g/mol. The number of ether oxygens (including phenoxy) is 2. The first kappa shape index (κ1) is 29.9. The molecule has 0 rings (SSSR count). The molecule has 0 radical (unpaired) electrons. The van der Waals surface area contributed by atoms with Crippen molar-refractivity contribution in [3.63, 3.8) is 0 Å². The van der Waals surface area contributed by atoms with E-state index in [1.807, 2.05) is 13.8 Å². The summed E-state index contributed by atoms with van der Waals surface area (Å²) in [5, 5.41) is 0. The van der Waals surface area contributed by atoms with Crippen LogP contribution >= 0.6 is 0 Å². The summed E-state index contributed by atoms with van der Waals surface area (Å²) in [6, 6.07) is 0. The number of carbonyl (C=O) groups is 2. The summed E-state index contributed by atoms with van der Waals surface area (Å²) in [6.07, 6.45) is 20.1. The fraction of sp³-hybridized carbons (Fsp3) is 0.926. The van der Waals surface area contributed by atoms with Crippen molar-refractivity contribution in [3.8, 4) is 0 Å². The van der Waals surface area contributed by atoms with Crippen LogP contribution in [0.5, 0.6) is 0 Å². The molecule has 0 amide bonds. The minimum Gasteiger partial charge on any atom is -0.465 e. The van der Waals surface area contributed by atoms with Crippen molar-refractivity contribution in [1.82, 2.24) is 0 Å². The van der Waals surface area contributed by atoms with Gasteiger partial charge in [0, 0.05) is 0 Å². The third kappa shape index (κ3) is 13.9. The van der Waals surface area contributed by atoms with Gasteiger partial charge in [-0.3, -0.25) is 9.59 Å². The van der Waals surface area contributed by atoms with Crippen LogP contribution in [-0.2, 0) is 19.1 Å². The molecule has 0 unspecified atom stereocenters. The highest BCUT2D eigenvalue weighted by Crippen LogP contribution is 2.30. The van der Waals surface area contributed by atoms with Crippen LogP contribution in [0, 0.1) is 5.41 Å². The van der Waals surface area contributed by atoms with E-state index >= 15 is 0 Å². The van der Waals surface area contributed by atoms with Crippen LogP contribution in [-0.4, -0.2) is 25.2 Å². The Balaban J connectivity index is 4.03. The second kappa shape index (κ2) is 20.8. The lowest BCUT2D eigenvalue weighted by Gasteiger charge is -2.27. The molecule has 0 saturated heterocycles. The minimum atomic E-state index is -1.14. The van der Waals surface area contributed by atoms with Crippen molar-refractivity contribution in [3.05, 3.63) is 0 Å². The van der Waals surface area contributed by atoms with E-state index in [9.17, 15) is 9.59 Å². The summed E-state index contributed by atoms with van der Waals surface area (Å²) < 4.78 is 11.0. The maximum atomic E-state index is 12.7. The Morgan fingerprint density at radius 2 is 0.774 bits per heavy atom. The van der Waals surface area contributed by atoms with Crippen molar-refractivity contribution >= 4 is 11.9 Å². The van der Waals surface area contributed by atoms with Crippen LogP contribution in [0.15, 0.2) is 0 Å². The molecule has 0 bridgehead atoms. The molecule has 0 atom stereocenters. The van der Waals surface area contributed by atoms with Crippen LogP contribution in [0.1, 0.15) is 143 Å². The van der Waals surface area contributed by atoms with Crippen LogP contribution in [0.3, 0.4) is 0 Å². The lowest BCUT2D eigenvalue weighted by atomic mass is 9.82. The molecule has 0 aliphatic rings. The van der Waals surface area contributed by atoms with Gasteiger partial charge < -0.3 is 9.47 Å². The second-order valence-electron chi connectivity index (χ2n) is 9.01. The number of hydrogen-bond acceptors (Lipinski definition) is 4. The first-order chi connectivity index (χ1) is 15.1. The van der Waals surface area contributed by atoms with Gasteiger partial charge in [-0.05, 0) is 25.7 Å². The van der Waals surface area contributed by atoms with Crippen LogP contribution < -0.4 is 0 Å². The quantitative estimate of drug-likeness (QED) is 0.0967. The van der Waals surface area contributed by atoms with Crippen molar-refractivity contribution in [1.29, 1.82) is 0 Å². The summed E-state index contributed by atoms with van der Waals surface area (Å²) >= 11 is 0. The largest absolute Gasteiger partial charge is 0.465 e. The van der Waals surface area contributed by atoms with E-state index in [0.717, 1.165) is 25.7 Å². The molecule has 0 spiro atoms. The van der Waals surface area contributed by atoms with Gasteiger partial charge in [0.05, 0.1) is 13.2 Å². The van der Waals surface area contributed by atoms with Gasteiger partial charge in [-0.15, -0.1) is 0 Å². The molecule has 0 saturated carbocycles. The zero-order chi connectivity index (χ0) is 23.2. The van der Waals surface area contributed by atoms with E-state index < -0.39 is 17.4 Å². The molecule has 0 aliphatic carbocycles. The van der Waals surface area contributed by atoms with Gasteiger partial charge in [0.1, 0.15) is 0 Å². The SMILES string of the molecule is CCCCCCCCCCCCOC(=O)C(CC)(CC)C(=O)OCCCCCCCC. The second-order valence-corrected chi connectivity index (χ2v) is 9.01. The number of esters is 2. The molecular formula is C27H52O4. The molecule has 31 heavy (non-hydrogen) atoms. The summed E-state index contributed by atoms with van der Waals surface area (Å²) in [5.74, 6) is -0.805. The first-order valence-electron chi connectivity index (χ1n) is 13.4. The van der Waals surface area contributed by atoms with E-state index in [1.165, 1.54) is 77.0 Å². The van der Waals surface area contributed by atoms with Gasteiger partial charge in [-0.1, -0.05) is 118 Å². The van der Waals surface area contributed by atoms with E-state index in [4.69, 9.17) is 9.47 Å². The first-order valence-corrected chi connectivity index (χ1v) is 13.4. The van der Waals surface area contributed by atoms with Gasteiger partial charge in [-0.25, -0.2) is 0 Å². The van der Waals surface area contributed by atoms with Crippen molar-refractivity contribution in [2.75, 3.05) is 13.2 Å². The van der Waals surface area contributed by atoms with Gasteiger partial charge in [0.15, 0.2) is 5.41 Å². The van der Waals surface area contributed by atoms with Gasteiger partial charge in [0.25, 0.3) is 0 Å². The Labute approximate surface area is 193 Å². The molecule has 0 heterocycles. The molecule has 184 valence electrons. The standard InChI is InChI=1S/C27H52O4/c1-5-9-11-13-15-16-17-18-20-22-24-31-26(29)27(7-3,8-4)25(28)30-23-21-19-14-12-10-6-2/h5-24H2,1-4H3. The zero-order valence-corrected chi connectivity index (χ0v) is 21.3. The maximum Gasteiger partial charge on any atom is 0.323 e. The highest BCUT2D eigenvalue weighted by Gasteiger charge is 2.45. The topological polar surface area (TPSA) is 52.6 Å². The van der Waals surface area contributed by atoms with E-state index in [-0.39, 0.29) is 0 Å². The summed E-state index contributed by atoms with van der Waals surface area (Å²) in [7, 11) is 0. The molecule has 0 aromatic carbocycles. The molecule has 0 aromatic rings. The predicted molar refractivity (Wildman–Crippen MR) is 130 cm³/mol. The molecule has 0 N–H and O–H groups in total. The highest BCUT2D eigenvalue weighted by molar-refractivity contribution is 5.99. The van der Waals surface area contributed by atoms with Crippen molar-refractivity contribution in [2.45, 2.75) is 143 Å². The number of unbranched alkanes of at least 4 members (excludes halogenated alkanes) is 14. The van der Waals surface area contributed by atoms with Crippen molar-refractivity contribution in [2.24, 2.45) is 5.41 Å². The fourth-order valence-corrected chi connectivity index (χ4v) is 3.99. The van der Waals surface area contributed by atoms with Gasteiger partial charge in [0.2, 0.25) is 0 Å². The molecule has 0 fully saturated rings. The smallest absolute Gasteiger partial charge is 0.323 e. The number of rotatable bonds is 22. The average Bonchev–Trinajstić information content (AvgIpc) is 2.78. The Morgan fingerprint density at radius 3 is 1.06 bits per heavy atom. The lowest BCUT2D eigenvalue weighted by molar-refractivity contribution is -0.173. The molecular weight excluding hydrogens is 388 g/mol. The van der Waals surface area contributed by atoms with E-state index in [2.05, 4.69) is 13.8 Å². The summed E-state index contributed by atoms with van der Waals surface area (Å²) in [5.41, 5.74) is -1.14. The lowest BCUT2D eigenvalue weighted by Crippen LogP contribution is -2.41. The molecule has 0 aromatic heterocycles. The Bertz CT molecular complexity index is 429. The summed E-state index contributed by atoms with van der Waals surface area (Å²) in [6.45, 7) is 9.00. The van der Waals surface area contributed by atoms with Crippen LogP contribution in [0.2, 0.25) is 0 Å². The maximum absolute atomic E-state index is 12.7. The molecule has 4 heteroatoms. The van der Waals surface area contributed by atoms with E-state index in [1.54, 1.807) is 0 Å². The third-order valence-electron chi connectivity index (χ3n) is 6.45. The van der Waals surface area contributed by atoms with Crippen molar-refractivity contribution < 1.29 is 19.1 Å². The predicted octanol–water partition coefficient (Wildman–Crippen LogP) is 8.16. The third-order valence-corrected chi connectivity index (χ3v) is 6.45. The zero-order valence-electron chi connectivity index (χ0n) is 21.3. The Morgan fingerprint density at radius 1 is 0.484 bits per heavy atom. The minimum absolute atomic E-state index is 0.401. The number of carbonyl (C=O) groups excluding carboxylic acids is 2. The highest BCUT2D eigenvalue weighted by atomic mass is 16.6. The van der Waals surface area contributed by atoms with Gasteiger partial charge >= 0.3 is 11.9 Å². The normalized spacial score (nSPS) is 11.5. The Hall–Kier alpha value is -1.06. The number of hydrogen-bond donors (Lipinski definition) is 0.